The van der Waals surface area contributed by atoms with Gasteiger partial charge in [0, 0.05) is 12.1 Å². The molecule has 0 unspecified atom stereocenters. The number of aldehydes is 1. The third kappa shape index (κ3) is 2.54. The minimum Gasteiger partial charge on any atom is -0.296 e. The fourth-order valence-electron chi connectivity index (χ4n) is 1.72. The Kier molecular flexibility index (Phi) is 3.10. The molecule has 0 aliphatic carbocycles. The van der Waals surface area contributed by atoms with Gasteiger partial charge in [-0.15, -0.1) is 0 Å². The Balaban J connectivity index is 2.28. The third-order valence-corrected chi connectivity index (χ3v) is 2.39. The van der Waals surface area contributed by atoms with Crippen molar-refractivity contribution < 1.29 is 4.79 Å². The van der Waals surface area contributed by atoms with Gasteiger partial charge in [0.05, 0.1) is 0 Å². The van der Waals surface area contributed by atoms with E-state index in [1.54, 1.807) is 6.07 Å². The van der Waals surface area contributed by atoms with E-state index >= 15 is 0 Å². The largest absolute Gasteiger partial charge is 0.296 e. The Morgan fingerprint density at radius 3 is 2.62 bits per heavy atom. The highest BCUT2D eigenvalue weighted by molar-refractivity contribution is 5.72. The monoisotopic (exact) mass is 211 g/mol. The predicted octanol–water partition coefficient (Wildman–Crippen LogP) is 2.79. The SMILES string of the molecule is Cc1cc(C=O)nc(Cc2ccccc2)c1. The number of rotatable bonds is 3. The highest BCUT2D eigenvalue weighted by Gasteiger charge is 2.01. The van der Waals surface area contributed by atoms with E-state index in [-0.39, 0.29) is 0 Å². The lowest BCUT2D eigenvalue weighted by molar-refractivity contribution is 0.111. The van der Waals surface area contributed by atoms with Crippen molar-refractivity contribution >= 4 is 6.29 Å². The lowest BCUT2D eigenvalue weighted by atomic mass is 10.1. The van der Waals surface area contributed by atoms with Gasteiger partial charge >= 0.3 is 0 Å². The Morgan fingerprint density at radius 1 is 1.19 bits per heavy atom. The van der Waals surface area contributed by atoms with E-state index in [9.17, 15) is 4.79 Å². The highest BCUT2D eigenvalue weighted by atomic mass is 16.1. The average Bonchev–Trinajstić information content (AvgIpc) is 2.29. The number of carbonyl (C=O) groups excluding carboxylic acids is 1. The first-order valence-corrected chi connectivity index (χ1v) is 5.24. The van der Waals surface area contributed by atoms with Gasteiger partial charge in [0.15, 0.2) is 6.29 Å². The van der Waals surface area contributed by atoms with Crippen LogP contribution in [0, 0.1) is 6.92 Å². The second-order valence-electron chi connectivity index (χ2n) is 3.84. The molecule has 0 amide bonds. The molecule has 2 rings (SSSR count). The molecule has 0 spiro atoms. The Hall–Kier alpha value is -1.96. The molecule has 0 saturated heterocycles. The highest BCUT2D eigenvalue weighted by Crippen LogP contribution is 2.09. The molecule has 1 aromatic heterocycles. The zero-order valence-corrected chi connectivity index (χ0v) is 9.18. The van der Waals surface area contributed by atoms with E-state index in [1.807, 2.05) is 31.2 Å². The molecule has 1 aromatic carbocycles. The van der Waals surface area contributed by atoms with Crippen LogP contribution in [0.2, 0.25) is 0 Å². The van der Waals surface area contributed by atoms with Crippen molar-refractivity contribution in [1.29, 1.82) is 0 Å². The van der Waals surface area contributed by atoms with Gasteiger partial charge in [-0.1, -0.05) is 30.3 Å². The van der Waals surface area contributed by atoms with Crippen LogP contribution in [0.3, 0.4) is 0 Å². The fraction of sp³-hybridized carbons (Fsp3) is 0.143. The summed E-state index contributed by atoms with van der Waals surface area (Å²) in [6, 6.07) is 13.9. The van der Waals surface area contributed by atoms with E-state index in [1.165, 1.54) is 5.56 Å². The van der Waals surface area contributed by atoms with Gasteiger partial charge in [-0.25, -0.2) is 4.98 Å². The summed E-state index contributed by atoms with van der Waals surface area (Å²) < 4.78 is 0. The molecule has 0 saturated carbocycles. The Morgan fingerprint density at radius 2 is 1.94 bits per heavy atom. The van der Waals surface area contributed by atoms with Crippen LogP contribution >= 0.6 is 0 Å². The quantitative estimate of drug-likeness (QED) is 0.731. The summed E-state index contributed by atoms with van der Waals surface area (Å²) in [4.78, 5) is 15.0. The Labute approximate surface area is 95.0 Å². The first-order chi connectivity index (χ1) is 7.78. The molecule has 1 heterocycles. The van der Waals surface area contributed by atoms with E-state index in [0.29, 0.717) is 5.69 Å². The number of benzene rings is 1. The molecule has 16 heavy (non-hydrogen) atoms. The smallest absolute Gasteiger partial charge is 0.168 e. The summed E-state index contributed by atoms with van der Waals surface area (Å²) in [5, 5.41) is 0. The molecule has 0 atom stereocenters. The first-order valence-electron chi connectivity index (χ1n) is 5.24. The molecule has 2 heteroatoms. The normalized spacial score (nSPS) is 10.1. The van der Waals surface area contributed by atoms with Crippen molar-refractivity contribution in [1.82, 2.24) is 4.98 Å². The lowest BCUT2D eigenvalue weighted by Gasteiger charge is -2.03. The standard InChI is InChI=1S/C14H13NO/c1-11-7-13(15-14(8-11)10-16)9-12-5-3-2-4-6-12/h2-8,10H,9H2,1H3. The Bertz CT molecular complexity index is 491. The summed E-state index contributed by atoms with van der Waals surface area (Å²) >= 11 is 0. The molecule has 0 aliphatic heterocycles. The van der Waals surface area contributed by atoms with Crippen molar-refractivity contribution in [3.8, 4) is 0 Å². The zero-order valence-electron chi connectivity index (χ0n) is 9.18. The van der Waals surface area contributed by atoms with E-state index in [0.717, 1.165) is 24.0 Å². The van der Waals surface area contributed by atoms with Crippen LogP contribution < -0.4 is 0 Å². The van der Waals surface area contributed by atoms with Crippen LogP contribution in [0.1, 0.15) is 27.3 Å². The molecule has 0 radical (unpaired) electrons. The van der Waals surface area contributed by atoms with Crippen molar-refractivity contribution in [2.45, 2.75) is 13.3 Å². The molecule has 0 N–H and O–H groups in total. The molecule has 2 aromatic rings. The van der Waals surface area contributed by atoms with Crippen molar-refractivity contribution in [2.75, 3.05) is 0 Å². The maximum Gasteiger partial charge on any atom is 0.168 e. The van der Waals surface area contributed by atoms with Gasteiger partial charge in [-0.05, 0) is 30.2 Å². The van der Waals surface area contributed by atoms with Crippen LogP contribution in [0.25, 0.3) is 0 Å². The van der Waals surface area contributed by atoms with Crippen LogP contribution in [0.4, 0.5) is 0 Å². The van der Waals surface area contributed by atoms with Gasteiger partial charge in [0.25, 0.3) is 0 Å². The number of carbonyl (C=O) groups is 1. The van der Waals surface area contributed by atoms with Gasteiger partial charge < -0.3 is 0 Å². The maximum atomic E-state index is 10.7. The summed E-state index contributed by atoms with van der Waals surface area (Å²) in [5.41, 5.74) is 3.72. The number of hydrogen-bond donors (Lipinski definition) is 0. The van der Waals surface area contributed by atoms with E-state index in [2.05, 4.69) is 17.1 Å². The minimum atomic E-state index is 0.505. The van der Waals surface area contributed by atoms with Crippen LogP contribution in [0.5, 0.6) is 0 Å². The predicted molar refractivity (Wildman–Crippen MR) is 63.6 cm³/mol. The van der Waals surface area contributed by atoms with Crippen LogP contribution in [-0.4, -0.2) is 11.3 Å². The fourth-order valence-corrected chi connectivity index (χ4v) is 1.72. The summed E-state index contributed by atoms with van der Waals surface area (Å²) in [6.07, 6.45) is 1.56. The average molecular weight is 211 g/mol. The number of pyridine rings is 1. The second kappa shape index (κ2) is 4.71. The first kappa shape index (κ1) is 10.6. The number of aryl methyl sites for hydroxylation is 1. The molecule has 80 valence electrons. The third-order valence-electron chi connectivity index (χ3n) is 2.39. The molecular weight excluding hydrogens is 198 g/mol. The van der Waals surface area contributed by atoms with Gasteiger partial charge in [0.2, 0.25) is 0 Å². The molecule has 0 fully saturated rings. The zero-order chi connectivity index (χ0) is 11.4. The maximum absolute atomic E-state index is 10.7. The summed E-state index contributed by atoms with van der Waals surface area (Å²) in [7, 11) is 0. The van der Waals surface area contributed by atoms with Crippen molar-refractivity contribution in [3.63, 3.8) is 0 Å². The molecule has 0 bridgehead atoms. The lowest BCUT2D eigenvalue weighted by Crippen LogP contribution is -1.97. The number of aromatic nitrogens is 1. The van der Waals surface area contributed by atoms with E-state index in [4.69, 9.17) is 0 Å². The van der Waals surface area contributed by atoms with Crippen molar-refractivity contribution in [3.05, 3.63) is 65.0 Å². The number of hydrogen-bond acceptors (Lipinski definition) is 2. The molecule has 0 aliphatic rings. The second-order valence-corrected chi connectivity index (χ2v) is 3.84. The van der Waals surface area contributed by atoms with Gasteiger partial charge in [-0.3, -0.25) is 4.79 Å². The van der Waals surface area contributed by atoms with Crippen LogP contribution in [0.15, 0.2) is 42.5 Å². The van der Waals surface area contributed by atoms with Crippen LogP contribution in [-0.2, 0) is 6.42 Å². The summed E-state index contributed by atoms with van der Waals surface area (Å²) in [5.74, 6) is 0. The van der Waals surface area contributed by atoms with Gasteiger partial charge in [0.1, 0.15) is 5.69 Å². The summed E-state index contributed by atoms with van der Waals surface area (Å²) in [6.45, 7) is 1.98. The minimum absolute atomic E-state index is 0.505. The van der Waals surface area contributed by atoms with Gasteiger partial charge in [-0.2, -0.15) is 0 Å². The topological polar surface area (TPSA) is 30.0 Å². The number of nitrogens with zero attached hydrogens (tertiary/aromatic N) is 1. The molecular formula is C14H13NO. The van der Waals surface area contributed by atoms with Crippen molar-refractivity contribution in [2.24, 2.45) is 0 Å². The van der Waals surface area contributed by atoms with E-state index < -0.39 is 0 Å². The molecule has 2 nitrogen and oxygen atoms in total.